The first-order valence-corrected chi connectivity index (χ1v) is 9.57. The summed E-state index contributed by atoms with van der Waals surface area (Å²) in [5, 5.41) is 7.41. The summed E-state index contributed by atoms with van der Waals surface area (Å²) < 4.78 is 0. The predicted molar refractivity (Wildman–Crippen MR) is 98.4 cm³/mol. The topological polar surface area (TPSA) is 62.6 Å². The molecule has 5 nitrogen and oxygen atoms in total. The zero-order chi connectivity index (χ0) is 17.6. The van der Waals surface area contributed by atoms with Crippen LogP contribution in [0.3, 0.4) is 0 Å². The van der Waals surface area contributed by atoms with Gasteiger partial charge in [0.05, 0.1) is 18.0 Å². The number of carbonyl (C=O) groups is 2. The molecule has 3 N–H and O–H groups in total. The van der Waals surface area contributed by atoms with E-state index in [1.165, 1.54) is 20.9 Å². The average Bonchev–Trinajstić information content (AvgIpc) is 3.16. The molecule has 2 atom stereocenters. The molecule has 0 spiro atoms. The van der Waals surface area contributed by atoms with E-state index in [1.54, 1.807) is 18.3 Å². The maximum Gasteiger partial charge on any atom is 0.309 e. The zero-order valence-electron chi connectivity index (χ0n) is 14.4. The van der Waals surface area contributed by atoms with Gasteiger partial charge in [-0.1, -0.05) is 30.3 Å². The molecule has 0 saturated heterocycles. The van der Waals surface area contributed by atoms with E-state index in [2.05, 4.69) is 46.3 Å². The molecule has 0 radical (unpaired) electrons. The van der Waals surface area contributed by atoms with Gasteiger partial charge < -0.3 is 15.5 Å². The van der Waals surface area contributed by atoms with E-state index >= 15 is 0 Å². The predicted octanol–water partition coefficient (Wildman–Crippen LogP) is 0.683. The number of carbonyl (C=O) groups excluding carboxylic acids is 2. The van der Waals surface area contributed by atoms with Gasteiger partial charge in [0.15, 0.2) is 0 Å². The lowest BCUT2D eigenvalue weighted by Gasteiger charge is -2.32. The first-order chi connectivity index (χ1) is 12.2. The van der Waals surface area contributed by atoms with Crippen molar-refractivity contribution in [2.45, 2.75) is 25.9 Å². The highest BCUT2D eigenvalue weighted by Crippen LogP contribution is 2.18. The molecule has 0 bridgehead atoms. The van der Waals surface area contributed by atoms with Gasteiger partial charge in [0.2, 0.25) is 0 Å². The Labute approximate surface area is 152 Å². The molecule has 1 aliphatic heterocycles. The molecule has 6 heteroatoms. The molecule has 132 valence electrons. The van der Waals surface area contributed by atoms with Crippen LogP contribution in [-0.4, -0.2) is 31.4 Å². The summed E-state index contributed by atoms with van der Waals surface area (Å²) in [6.45, 7) is 4.68. The summed E-state index contributed by atoms with van der Waals surface area (Å²) in [7, 11) is 0. The Kier molecular flexibility index (Phi) is 5.83. The third-order valence-electron chi connectivity index (χ3n) is 4.64. The number of fused-ring (bicyclic) bond motifs is 1. The number of nitrogens with one attached hydrogen (secondary N) is 3. The molecule has 0 fully saturated rings. The number of likely N-dealkylation sites (N-methyl/N-ethyl adjacent to an activating group) is 1. The minimum Gasteiger partial charge on any atom is -0.348 e. The molecule has 1 aliphatic rings. The Morgan fingerprint density at radius 3 is 2.60 bits per heavy atom. The Morgan fingerprint density at radius 2 is 1.88 bits per heavy atom. The molecule has 2 aromatic rings. The van der Waals surface area contributed by atoms with Crippen molar-refractivity contribution in [2.75, 3.05) is 19.6 Å². The van der Waals surface area contributed by atoms with Crippen molar-refractivity contribution in [3.05, 3.63) is 57.8 Å². The van der Waals surface area contributed by atoms with Crippen LogP contribution in [0.1, 0.15) is 29.0 Å². The molecule has 1 unspecified atom stereocenters. The van der Waals surface area contributed by atoms with Crippen molar-refractivity contribution in [3.8, 4) is 0 Å². The highest BCUT2D eigenvalue weighted by atomic mass is 32.1. The van der Waals surface area contributed by atoms with E-state index in [1.807, 2.05) is 6.07 Å². The standard InChI is InChI=1S/C19H23N3O2S/c1-2-20-18(23)19(24)21-12-16(17-8-5-11-25-17)22-10-9-14-6-3-4-7-15(14)13-22/h3-8,11,16H,2,9-10,12-13H2,1H3,(H,20,23)(H,21,24)/p+1/t16-/m0/s1. The van der Waals surface area contributed by atoms with E-state index in [0.29, 0.717) is 13.1 Å². The number of thiophene rings is 1. The van der Waals surface area contributed by atoms with Gasteiger partial charge in [0.25, 0.3) is 0 Å². The van der Waals surface area contributed by atoms with Gasteiger partial charge in [-0.25, -0.2) is 0 Å². The van der Waals surface area contributed by atoms with Crippen molar-refractivity contribution in [2.24, 2.45) is 0 Å². The van der Waals surface area contributed by atoms with E-state index in [4.69, 9.17) is 0 Å². The average molecular weight is 358 g/mol. The number of hydrogen-bond donors (Lipinski definition) is 3. The summed E-state index contributed by atoms with van der Waals surface area (Å²) in [6, 6.07) is 12.9. The molecule has 1 aromatic heterocycles. The number of rotatable bonds is 5. The molecule has 2 amide bonds. The number of amides is 2. The van der Waals surface area contributed by atoms with Gasteiger partial charge in [-0.15, -0.1) is 11.3 Å². The molecule has 3 rings (SSSR count). The van der Waals surface area contributed by atoms with Crippen LogP contribution in [0.5, 0.6) is 0 Å². The third kappa shape index (κ3) is 4.27. The van der Waals surface area contributed by atoms with Crippen LogP contribution < -0.4 is 15.5 Å². The number of benzene rings is 1. The van der Waals surface area contributed by atoms with E-state index in [0.717, 1.165) is 19.5 Å². The van der Waals surface area contributed by atoms with Crippen molar-refractivity contribution >= 4 is 23.2 Å². The van der Waals surface area contributed by atoms with E-state index in [9.17, 15) is 9.59 Å². The number of hydrogen-bond acceptors (Lipinski definition) is 3. The van der Waals surface area contributed by atoms with Crippen LogP contribution >= 0.6 is 11.3 Å². The van der Waals surface area contributed by atoms with Gasteiger partial charge in [-0.2, -0.15) is 0 Å². The largest absolute Gasteiger partial charge is 0.348 e. The Hall–Kier alpha value is -2.18. The maximum absolute atomic E-state index is 12.0. The summed E-state index contributed by atoms with van der Waals surface area (Å²) in [4.78, 5) is 26.3. The number of quaternary nitrogens is 1. The second-order valence-electron chi connectivity index (χ2n) is 6.24. The smallest absolute Gasteiger partial charge is 0.309 e. The molecule has 0 saturated carbocycles. The summed E-state index contributed by atoms with van der Waals surface area (Å²) >= 11 is 1.70. The lowest BCUT2D eigenvalue weighted by atomic mass is 9.98. The van der Waals surface area contributed by atoms with Gasteiger partial charge in [0, 0.05) is 18.5 Å². The second-order valence-corrected chi connectivity index (χ2v) is 7.22. The molecular weight excluding hydrogens is 334 g/mol. The summed E-state index contributed by atoms with van der Waals surface area (Å²) in [5.41, 5.74) is 2.79. The summed E-state index contributed by atoms with van der Waals surface area (Å²) in [6.07, 6.45) is 1.04. The quantitative estimate of drug-likeness (QED) is 0.689. The van der Waals surface area contributed by atoms with Gasteiger partial charge >= 0.3 is 11.8 Å². The molecule has 25 heavy (non-hydrogen) atoms. The van der Waals surface area contributed by atoms with Gasteiger partial charge in [-0.3, -0.25) is 9.59 Å². The molecule has 1 aromatic carbocycles. The first-order valence-electron chi connectivity index (χ1n) is 8.69. The van der Waals surface area contributed by atoms with Crippen molar-refractivity contribution in [1.29, 1.82) is 0 Å². The zero-order valence-corrected chi connectivity index (χ0v) is 15.2. The maximum atomic E-state index is 12.0. The van der Waals surface area contributed by atoms with Crippen molar-refractivity contribution in [1.82, 2.24) is 10.6 Å². The Balaban J connectivity index is 1.71. The van der Waals surface area contributed by atoms with Gasteiger partial charge in [-0.05, 0) is 23.9 Å². The van der Waals surface area contributed by atoms with E-state index < -0.39 is 11.8 Å². The Bertz CT molecular complexity index is 730. The van der Waals surface area contributed by atoms with Crippen LogP contribution in [0.4, 0.5) is 0 Å². The fourth-order valence-corrected chi connectivity index (χ4v) is 4.24. The highest BCUT2D eigenvalue weighted by molar-refractivity contribution is 7.10. The highest BCUT2D eigenvalue weighted by Gasteiger charge is 2.30. The molecule has 0 aliphatic carbocycles. The minimum atomic E-state index is -0.564. The molecular formula is C19H24N3O2S+. The minimum absolute atomic E-state index is 0.159. The van der Waals surface area contributed by atoms with Crippen LogP contribution in [-0.2, 0) is 22.6 Å². The first kappa shape index (κ1) is 17.6. The fraction of sp³-hybridized carbons (Fsp3) is 0.368. The second kappa shape index (κ2) is 8.27. The normalized spacial score (nSPS) is 17.4. The van der Waals surface area contributed by atoms with E-state index in [-0.39, 0.29) is 6.04 Å². The van der Waals surface area contributed by atoms with Crippen LogP contribution in [0, 0.1) is 0 Å². The Morgan fingerprint density at radius 1 is 1.12 bits per heavy atom. The lowest BCUT2D eigenvalue weighted by molar-refractivity contribution is -0.945. The monoisotopic (exact) mass is 358 g/mol. The van der Waals surface area contributed by atoms with Crippen LogP contribution in [0.15, 0.2) is 41.8 Å². The van der Waals surface area contributed by atoms with Gasteiger partial charge in [0.1, 0.15) is 12.6 Å². The van der Waals surface area contributed by atoms with Crippen molar-refractivity contribution in [3.63, 3.8) is 0 Å². The lowest BCUT2D eigenvalue weighted by Crippen LogP contribution is -3.12. The fourth-order valence-electron chi connectivity index (χ4n) is 3.35. The van der Waals surface area contributed by atoms with Crippen molar-refractivity contribution < 1.29 is 14.5 Å². The van der Waals surface area contributed by atoms with Crippen LogP contribution in [0.2, 0.25) is 0 Å². The SMILES string of the molecule is CCNC(=O)C(=O)NC[C@@H](c1cccs1)[NH+]1CCc2ccccc2C1. The van der Waals surface area contributed by atoms with Crippen LogP contribution in [0.25, 0.3) is 0 Å². The summed E-state index contributed by atoms with van der Waals surface area (Å²) in [5.74, 6) is -1.12. The third-order valence-corrected chi connectivity index (χ3v) is 5.63. The molecule has 2 heterocycles.